The molecule has 22 heavy (non-hydrogen) atoms. The van der Waals surface area contributed by atoms with Crippen LogP contribution < -0.4 is 0 Å². The normalized spacial score (nSPS) is 11.1. The zero-order valence-corrected chi connectivity index (χ0v) is 14.2. The van der Waals surface area contributed by atoms with Crippen molar-refractivity contribution in [3.05, 3.63) is 64.1 Å². The fourth-order valence-electron chi connectivity index (χ4n) is 2.20. The van der Waals surface area contributed by atoms with Gasteiger partial charge in [0.15, 0.2) is 0 Å². The van der Waals surface area contributed by atoms with Crippen molar-refractivity contribution in [2.75, 3.05) is 0 Å². The Morgan fingerprint density at radius 2 is 1.68 bits per heavy atom. The van der Waals surface area contributed by atoms with Crippen LogP contribution in [0, 0.1) is 0 Å². The van der Waals surface area contributed by atoms with E-state index in [0.29, 0.717) is 18.3 Å². The molecule has 0 saturated carbocycles. The monoisotopic (exact) mass is 356 g/mol. The predicted octanol–water partition coefficient (Wildman–Crippen LogP) is 4.27. The van der Waals surface area contributed by atoms with Gasteiger partial charge in [0, 0.05) is 10.0 Å². The smallest absolute Gasteiger partial charge is 0.159 e. The van der Waals surface area contributed by atoms with E-state index in [9.17, 15) is 0 Å². The van der Waals surface area contributed by atoms with Crippen LogP contribution in [0.25, 0.3) is 11.4 Å². The molecule has 0 N–H and O–H groups in total. The molecule has 3 aromatic rings. The molecule has 0 amide bonds. The van der Waals surface area contributed by atoms with Gasteiger partial charge in [-0.1, -0.05) is 54.0 Å². The SMILES string of the molecule is CC(C)c1ccc(Cn2nnc(-c3ccc(Br)cc3)n2)cc1. The van der Waals surface area contributed by atoms with Gasteiger partial charge in [0.2, 0.25) is 5.82 Å². The maximum absolute atomic E-state index is 4.44. The molecule has 0 aliphatic heterocycles. The van der Waals surface area contributed by atoms with Crippen LogP contribution in [-0.4, -0.2) is 20.2 Å². The first-order valence-corrected chi connectivity index (χ1v) is 8.04. The van der Waals surface area contributed by atoms with Gasteiger partial charge >= 0.3 is 0 Å². The number of hydrogen-bond donors (Lipinski definition) is 0. The summed E-state index contributed by atoms with van der Waals surface area (Å²) < 4.78 is 1.04. The van der Waals surface area contributed by atoms with Crippen molar-refractivity contribution in [1.82, 2.24) is 20.2 Å². The van der Waals surface area contributed by atoms with Crippen molar-refractivity contribution in [3.63, 3.8) is 0 Å². The van der Waals surface area contributed by atoms with Gasteiger partial charge in [0.25, 0.3) is 0 Å². The van der Waals surface area contributed by atoms with Gasteiger partial charge in [-0.2, -0.15) is 4.80 Å². The summed E-state index contributed by atoms with van der Waals surface area (Å²) in [6.45, 7) is 5.01. The van der Waals surface area contributed by atoms with E-state index in [1.54, 1.807) is 4.80 Å². The number of hydrogen-bond acceptors (Lipinski definition) is 3. The lowest BCUT2D eigenvalue weighted by atomic mass is 10.0. The summed E-state index contributed by atoms with van der Waals surface area (Å²) in [6, 6.07) is 16.5. The second-order valence-corrected chi connectivity index (χ2v) is 6.46. The molecule has 0 aliphatic carbocycles. The maximum Gasteiger partial charge on any atom is 0.204 e. The summed E-state index contributed by atoms with van der Waals surface area (Å²) in [5.74, 6) is 1.19. The van der Waals surface area contributed by atoms with Gasteiger partial charge in [-0.25, -0.2) is 0 Å². The molecule has 0 spiro atoms. The highest BCUT2D eigenvalue weighted by molar-refractivity contribution is 9.10. The Kier molecular flexibility index (Phi) is 4.34. The van der Waals surface area contributed by atoms with Crippen molar-refractivity contribution in [2.24, 2.45) is 0 Å². The average Bonchev–Trinajstić information content (AvgIpc) is 2.97. The molecule has 5 heteroatoms. The lowest BCUT2D eigenvalue weighted by molar-refractivity contribution is 0.572. The van der Waals surface area contributed by atoms with E-state index in [1.807, 2.05) is 24.3 Å². The molecular formula is C17H17BrN4. The van der Waals surface area contributed by atoms with E-state index in [-0.39, 0.29) is 0 Å². The van der Waals surface area contributed by atoms with Gasteiger partial charge in [-0.3, -0.25) is 0 Å². The second kappa shape index (κ2) is 6.40. The van der Waals surface area contributed by atoms with Gasteiger partial charge in [-0.05, 0) is 46.5 Å². The van der Waals surface area contributed by atoms with Gasteiger partial charge in [0.05, 0.1) is 6.54 Å². The minimum atomic E-state index is 0.544. The fourth-order valence-corrected chi connectivity index (χ4v) is 2.46. The molecule has 3 rings (SSSR count). The first kappa shape index (κ1) is 14.9. The van der Waals surface area contributed by atoms with Crippen LogP contribution >= 0.6 is 15.9 Å². The first-order valence-electron chi connectivity index (χ1n) is 7.24. The highest BCUT2D eigenvalue weighted by Gasteiger charge is 2.06. The molecular weight excluding hydrogens is 340 g/mol. The Morgan fingerprint density at radius 3 is 2.32 bits per heavy atom. The highest BCUT2D eigenvalue weighted by Crippen LogP contribution is 2.18. The summed E-state index contributed by atoms with van der Waals surface area (Å²) in [5, 5.41) is 12.7. The second-order valence-electron chi connectivity index (χ2n) is 5.55. The molecule has 0 atom stereocenters. The van der Waals surface area contributed by atoms with E-state index < -0.39 is 0 Å². The lowest BCUT2D eigenvalue weighted by Gasteiger charge is -2.06. The Balaban J connectivity index is 1.75. The highest BCUT2D eigenvalue weighted by atomic mass is 79.9. The third-order valence-electron chi connectivity index (χ3n) is 3.53. The van der Waals surface area contributed by atoms with E-state index >= 15 is 0 Å². The van der Waals surface area contributed by atoms with Crippen LogP contribution in [0.15, 0.2) is 53.0 Å². The Hall–Kier alpha value is -2.01. The minimum absolute atomic E-state index is 0.544. The van der Waals surface area contributed by atoms with Gasteiger partial charge < -0.3 is 0 Å². The number of benzene rings is 2. The van der Waals surface area contributed by atoms with Crippen molar-refractivity contribution in [2.45, 2.75) is 26.3 Å². The van der Waals surface area contributed by atoms with E-state index in [0.717, 1.165) is 10.0 Å². The Labute approximate surface area is 138 Å². The number of rotatable bonds is 4. The number of tetrazole rings is 1. The summed E-state index contributed by atoms with van der Waals surface area (Å²) in [6.07, 6.45) is 0. The van der Waals surface area contributed by atoms with Gasteiger partial charge in [0.1, 0.15) is 0 Å². The molecule has 0 saturated heterocycles. The summed E-state index contributed by atoms with van der Waals surface area (Å²) in [7, 11) is 0. The first-order chi connectivity index (χ1) is 10.6. The molecule has 112 valence electrons. The number of nitrogens with zero attached hydrogens (tertiary/aromatic N) is 4. The van der Waals surface area contributed by atoms with Crippen LogP contribution in [-0.2, 0) is 6.54 Å². The molecule has 0 unspecified atom stereocenters. The molecule has 1 aromatic heterocycles. The zero-order valence-electron chi connectivity index (χ0n) is 12.6. The van der Waals surface area contributed by atoms with Crippen LogP contribution in [0.2, 0.25) is 0 Å². The number of aromatic nitrogens is 4. The minimum Gasteiger partial charge on any atom is -0.159 e. The van der Waals surface area contributed by atoms with E-state index in [1.165, 1.54) is 11.1 Å². The van der Waals surface area contributed by atoms with Crippen LogP contribution in [0.4, 0.5) is 0 Å². The largest absolute Gasteiger partial charge is 0.204 e. The molecule has 4 nitrogen and oxygen atoms in total. The molecule has 0 aliphatic rings. The molecule has 0 radical (unpaired) electrons. The molecule has 0 bridgehead atoms. The Morgan fingerprint density at radius 1 is 1.00 bits per heavy atom. The summed E-state index contributed by atoms with van der Waals surface area (Å²) in [5.41, 5.74) is 3.47. The van der Waals surface area contributed by atoms with Gasteiger partial charge in [-0.15, -0.1) is 10.2 Å². The molecule has 0 fully saturated rings. The molecule has 1 heterocycles. The predicted molar refractivity (Wildman–Crippen MR) is 90.6 cm³/mol. The van der Waals surface area contributed by atoms with Crippen LogP contribution in [0.5, 0.6) is 0 Å². The lowest BCUT2D eigenvalue weighted by Crippen LogP contribution is -2.04. The third-order valence-corrected chi connectivity index (χ3v) is 4.05. The summed E-state index contributed by atoms with van der Waals surface area (Å²) in [4.78, 5) is 1.63. The average molecular weight is 357 g/mol. The maximum atomic E-state index is 4.44. The van der Waals surface area contributed by atoms with E-state index in [2.05, 4.69) is 69.5 Å². The van der Waals surface area contributed by atoms with E-state index in [4.69, 9.17) is 0 Å². The zero-order chi connectivity index (χ0) is 15.5. The van der Waals surface area contributed by atoms with Crippen molar-refractivity contribution in [1.29, 1.82) is 0 Å². The van der Waals surface area contributed by atoms with Crippen LogP contribution in [0.1, 0.15) is 30.9 Å². The standard InChI is InChI=1S/C17H17BrN4/c1-12(2)14-5-3-13(4-6-14)11-22-20-17(19-21-22)15-7-9-16(18)10-8-15/h3-10,12H,11H2,1-2H3. The van der Waals surface area contributed by atoms with Crippen molar-refractivity contribution < 1.29 is 0 Å². The van der Waals surface area contributed by atoms with Crippen molar-refractivity contribution in [3.8, 4) is 11.4 Å². The third kappa shape index (κ3) is 3.42. The topological polar surface area (TPSA) is 43.6 Å². The quantitative estimate of drug-likeness (QED) is 0.700. The summed E-state index contributed by atoms with van der Waals surface area (Å²) >= 11 is 3.42. The van der Waals surface area contributed by atoms with Crippen LogP contribution in [0.3, 0.4) is 0 Å². The molecule has 2 aromatic carbocycles. The fraction of sp³-hybridized carbons (Fsp3) is 0.235. The number of halogens is 1. The van der Waals surface area contributed by atoms with Crippen molar-refractivity contribution >= 4 is 15.9 Å². The Bertz CT molecular complexity index is 745.